The van der Waals surface area contributed by atoms with Crippen molar-refractivity contribution in [2.45, 2.75) is 46.0 Å². The fraction of sp³-hybridized carbons (Fsp3) is 0.421. The second kappa shape index (κ2) is 8.34. The highest BCUT2D eigenvalue weighted by Crippen LogP contribution is 2.32. The molecule has 136 valence electrons. The molecule has 2 rings (SSSR count). The third-order valence-electron chi connectivity index (χ3n) is 3.69. The van der Waals surface area contributed by atoms with Gasteiger partial charge in [0.15, 0.2) is 0 Å². The largest absolute Gasteiger partial charge is 0.439 e. The standard InChI is InChI=1S/C19H23F3N2O/c1-13(2)10-14(3)24-12-15-6-5-9-23-18(15)25-17-8-4-7-16(11-17)19(20,21)22/h4-9,11,13-14,24H,10,12H2,1-3H3/t14-/m0/s1. The van der Waals surface area contributed by atoms with Crippen LogP contribution in [0.4, 0.5) is 13.2 Å². The monoisotopic (exact) mass is 352 g/mol. The maximum absolute atomic E-state index is 12.8. The number of halogens is 3. The fourth-order valence-corrected chi connectivity index (χ4v) is 2.57. The Kier molecular flexibility index (Phi) is 6.42. The Hall–Kier alpha value is -2.08. The Morgan fingerprint density at radius 3 is 2.56 bits per heavy atom. The summed E-state index contributed by atoms with van der Waals surface area (Å²) in [6, 6.07) is 8.76. The van der Waals surface area contributed by atoms with Crippen LogP contribution >= 0.6 is 0 Å². The number of alkyl halides is 3. The topological polar surface area (TPSA) is 34.2 Å². The van der Waals surface area contributed by atoms with E-state index in [1.165, 1.54) is 12.1 Å². The second-order valence-electron chi connectivity index (χ2n) is 6.51. The molecular weight excluding hydrogens is 329 g/mol. The van der Waals surface area contributed by atoms with Crippen molar-refractivity contribution in [2.24, 2.45) is 5.92 Å². The van der Waals surface area contributed by atoms with Gasteiger partial charge in [-0.25, -0.2) is 4.98 Å². The molecule has 0 amide bonds. The molecule has 0 bridgehead atoms. The average molecular weight is 352 g/mol. The lowest BCUT2D eigenvalue weighted by atomic mass is 10.1. The van der Waals surface area contributed by atoms with Gasteiger partial charge in [-0.15, -0.1) is 0 Å². The van der Waals surface area contributed by atoms with Crippen LogP contribution in [-0.2, 0) is 12.7 Å². The Labute approximate surface area is 146 Å². The summed E-state index contributed by atoms with van der Waals surface area (Å²) in [5.74, 6) is 1.01. The number of nitrogens with zero attached hydrogens (tertiary/aromatic N) is 1. The van der Waals surface area contributed by atoms with E-state index >= 15 is 0 Å². The highest BCUT2D eigenvalue weighted by Gasteiger charge is 2.30. The molecule has 0 spiro atoms. The zero-order valence-corrected chi connectivity index (χ0v) is 14.6. The molecule has 0 unspecified atom stereocenters. The van der Waals surface area contributed by atoms with Crippen LogP contribution in [0.25, 0.3) is 0 Å². The van der Waals surface area contributed by atoms with E-state index in [1.54, 1.807) is 12.3 Å². The third kappa shape index (κ3) is 6.05. The van der Waals surface area contributed by atoms with E-state index in [4.69, 9.17) is 4.74 Å². The number of benzene rings is 1. The predicted molar refractivity (Wildman–Crippen MR) is 91.5 cm³/mol. The highest BCUT2D eigenvalue weighted by atomic mass is 19.4. The lowest BCUT2D eigenvalue weighted by Crippen LogP contribution is -2.27. The summed E-state index contributed by atoms with van der Waals surface area (Å²) in [5, 5.41) is 3.39. The number of rotatable bonds is 7. The van der Waals surface area contributed by atoms with E-state index in [2.05, 4.69) is 31.1 Å². The molecule has 1 heterocycles. The van der Waals surface area contributed by atoms with Gasteiger partial charge in [-0.2, -0.15) is 13.2 Å². The third-order valence-corrected chi connectivity index (χ3v) is 3.69. The molecule has 1 atom stereocenters. The molecule has 25 heavy (non-hydrogen) atoms. The number of nitrogens with one attached hydrogen (secondary N) is 1. The van der Waals surface area contributed by atoms with Gasteiger partial charge in [0.2, 0.25) is 5.88 Å². The van der Waals surface area contributed by atoms with Gasteiger partial charge in [0.05, 0.1) is 5.56 Å². The van der Waals surface area contributed by atoms with Gasteiger partial charge in [-0.05, 0) is 43.5 Å². The minimum Gasteiger partial charge on any atom is -0.439 e. The number of hydrogen-bond acceptors (Lipinski definition) is 3. The van der Waals surface area contributed by atoms with Gasteiger partial charge in [-0.1, -0.05) is 26.0 Å². The predicted octanol–water partition coefficient (Wildman–Crippen LogP) is 5.42. The molecule has 6 heteroatoms. The molecule has 0 aliphatic heterocycles. The Balaban J connectivity index is 2.10. The van der Waals surface area contributed by atoms with Gasteiger partial charge < -0.3 is 10.1 Å². The Bertz CT molecular complexity index is 686. The summed E-state index contributed by atoms with van der Waals surface area (Å²) in [7, 11) is 0. The Morgan fingerprint density at radius 1 is 1.12 bits per heavy atom. The first-order valence-corrected chi connectivity index (χ1v) is 8.28. The first-order chi connectivity index (χ1) is 11.8. The van der Waals surface area contributed by atoms with Gasteiger partial charge in [-0.3, -0.25) is 0 Å². The second-order valence-corrected chi connectivity index (χ2v) is 6.51. The van der Waals surface area contributed by atoms with Crippen LogP contribution in [0.2, 0.25) is 0 Å². The quantitative estimate of drug-likeness (QED) is 0.723. The average Bonchev–Trinajstić information content (AvgIpc) is 2.53. The number of aromatic nitrogens is 1. The maximum Gasteiger partial charge on any atom is 0.416 e. The zero-order chi connectivity index (χ0) is 18.4. The summed E-state index contributed by atoms with van der Waals surface area (Å²) < 4.78 is 44.1. The van der Waals surface area contributed by atoms with Gasteiger partial charge in [0, 0.05) is 24.3 Å². The maximum atomic E-state index is 12.8. The molecule has 0 radical (unpaired) electrons. The van der Waals surface area contributed by atoms with Crippen molar-refractivity contribution >= 4 is 0 Å². The number of ether oxygens (including phenoxy) is 1. The first-order valence-electron chi connectivity index (χ1n) is 8.28. The number of pyridine rings is 1. The van der Waals surface area contributed by atoms with Crippen molar-refractivity contribution in [1.82, 2.24) is 10.3 Å². The first kappa shape index (κ1) is 19.2. The van der Waals surface area contributed by atoms with Crippen LogP contribution in [-0.4, -0.2) is 11.0 Å². The van der Waals surface area contributed by atoms with Crippen LogP contribution in [0.3, 0.4) is 0 Å². The van der Waals surface area contributed by atoms with E-state index < -0.39 is 11.7 Å². The van der Waals surface area contributed by atoms with E-state index in [9.17, 15) is 13.2 Å². The van der Waals surface area contributed by atoms with Crippen molar-refractivity contribution in [2.75, 3.05) is 0 Å². The van der Waals surface area contributed by atoms with Crippen LogP contribution in [0.5, 0.6) is 11.6 Å². The molecule has 2 aromatic rings. The Morgan fingerprint density at radius 2 is 1.88 bits per heavy atom. The zero-order valence-electron chi connectivity index (χ0n) is 14.6. The molecule has 1 N–H and O–H groups in total. The van der Waals surface area contributed by atoms with Crippen molar-refractivity contribution in [3.05, 3.63) is 53.7 Å². The lowest BCUT2D eigenvalue weighted by molar-refractivity contribution is -0.137. The van der Waals surface area contributed by atoms with Crippen molar-refractivity contribution in [1.29, 1.82) is 0 Å². The smallest absolute Gasteiger partial charge is 0.416 e. The molecule has 0 aliphatic carbocycles. The van der Waals surface area contributed by atoms with Crippen molar-refractivity contribution in [3.8, 4) is 11.6 Å². The molecular formula is C19H23F3N2O. The van der Waals surface area contributed by atoms with Crippen LogP contribution in [0.1, 0.15) is 38.3 Å². The van der Waals surface area contributed by atoms with Gasteiger partial charge in [0.1, 0.15) is 5.75 Å². The number of hydrogen-bond donors (Lipinski definition) is 1. The van der Waals surface area contributed by atoms with Crippen LogP contribution < -0.4 is 10.1 Å². The van der Waals surface area contributed by atoms with E-state index in [0.29, 0.717) is 24.4 Å². The molecule has 0 saturated carbocycles. The molecule has 0 fully saturated rings. The molecule has 3 nitrogen and oxygen atoms in total. The van der Waals surface area contributed by atoms with Crippen LogP contribution in [0, 0.1) is 5.92 Å². The minimum atomic E-state index is -4.40. The highest BCUT2D eigenvalue weighted by molar-refractivity contribution is 5.35. The summed E-state index contributed by atoms with van der Waals surface area (Å²) >= 11 is 0. The lowest BCUT2D eigenvalue weighted by Gasteiger charge is -2.17. The molecule has 0 aliphatic rings. The van der Waals surface area contributed by atoms with E-state index in [-0.39, 0.29) is 5.75 Å². The molecule has 1 aromatic heterocycles. The molecule has 0 saturated heterocycles. The normalized spacial score (nSPS) is 13.1. The van der Waals surface area contributed by atoms with E-state index in [1.807, 2.05) is 6.07 Å². The summed E-state index contributed by atoms with van der Waals surface area (Å²) in [4.78, 5) is 4.16. The van der Waals surface area contributed by atoms with E-state index in [0.717, 1.165) is 24.1 Å². The van der Waals surface area contributed by atoms with Crippen molar-refractivity contribution in [3.63, 3.8) is 0 Å². The van der Waals surface area contributed by atoms with Crippen LogP contribution in [0.15, 0.2) is 42.6 Å². The SMILES string of the molecule is CC(C)C[C@H](C)NCc1cccnc1Oc1cccc(C(F)(F)F)c1. The van der Waals surface area contributed by atoms with Gasteiger partial charge >= 0.3 is 6.18 Å². The van der Waals surface area contributed by atoms with Crippen molar-refractivity contribution < 1.29 is 17.9 Å². The summed E-state index contributed by atoms with van der Waals surface area (Å²) in [5.41, 5.74) is 0.0571. The minimum absolute atomic E-state index is 0.116. The molecule has 1 aromatic carbocycles. The summed E-state index contributed by atoms with van der Waals surface area (Å²) in [6.07, 6.45) is -1.81. The summed E-state index contributed by atoms with van der Waals surface area (Å²) in [6.45, 7) is 6.95. The fourth-order valence-electron chi connectivity index (χ4n) is 2.57. The van der Waals surface area contributed by atoms with Gasteiger partial charge in [0.25, 0.3) is 0 Å².